The van der Waals surface area contributed by atoms with Crippen LogP contribution in [0.5, 0.6) is 0 Å². The molecule has 1 amide bonds. The molecule has 2 atom stereocenters. The average molecular weight is 213 g/mol. The van der Waals surface area contributed by atoms with Crippen molar-refractivity contribution < 1.29 is 19.4 Å². The molecule has 0 radical (unpaired) electrons. The van der Waals surface area contributed by atoms with Gasteiger partial charge in [-0.1, -0.05) is 0 Å². The average Bonchev–Trinajstić information content (AvgIpc) is 2.59. The van der Waals surface area contributed by atoms with Crippen LogP contribution in [0, 0.1) is 0 Å². The number of carbonyl (C=O) groups excluding carboxylic acids is 1. The molecule has 15 heavy (non-hydrogen) atoms. The van der Waals surface area contributed by atoms with E-state index in [0.29, 0.717) is 12.8 Å². The number of aliphatic carboxylic acids is 1. The van der Waals surface area contributed by atoms with Crippen LogP contribution >= 0.6 is 0 Å². The van der Waals surface area contributed by atoms with E-state index < -0.39 is 18.2 Å². The quantitative estimate of drug-likeness (QED) is 0.706. The minimum atomic E-state index is -0.978. The molecular formula is C10H15NO4. The van der Waals surface area contributed by atoms with Crippen LogP contribution in [-0.2, 0) is 14.3 Å². The fourth-order valence-electron chi connectivity index (χ4n) is 1.86. The second-order valence-electron chi connectivity index (χ2n) is 4.17. The molecule has 1 saturated carbocycles. The number of hydrogen-bond donors (Lipinski definition) is 2. The molecule has 5 heteroatoms. The smallest absolute Gasteiger partial charge is 0.332 e. The Morgan fingerprint density at radius 1 is 1.13 bits per heavy atom. The van der Waals surface area contributed by atoms with E-state index in [-0.39, 0.29) is 11.9 Å². The highest BCUT2D eigenvalue weighted by molar-refractivity contribution is 5.82. The van der Waals surface area contributed by atoms with Gasteiger partial charge in [-0.15, -0.1) is 0 Å². The Balaban J connectivity index is 1.79. The van der Waals surface area contributed by atoms with Crippen molar-refractivity contribution in [2.24, 2.45) is 0 Å². The first-order chi connectivity index (χ1) is 7.16. The fourth-order valence-corrected chi connectivity index (χ4v) is 1.86. The third-order valence-electron chi connectivity index (χ3n) is 3.04. The molecule has 1 saturated heterocycles. The van der Waals surface area contributed by atoms with Crippen molar-refractivity contribution in [2.45, 2.75) is 50.4 Å². The molecule has 0 spiro atoms. The van der Waals surface area contributed by atoms with Crippen molar-refractivity contribution in [3.05, 3.63) is 0 Å². The SMILES string of the molecule is O=C(NC1CCC1)[C@@H]1CC[C@H](C(=O)O)O1. The fraction of sp³-hybridized carbons (Fsp3) is 0.800. The molecule has 5 nitrogen and oxygen atoms in total. The van der Waals surface area contributed by atoms with Crippen LogP contribution in [0.4, 0.5) is 0 Å². The van der Waals surface area contributed by atoms with Crippen molar-refractivity contribution in [1.82, 2.24) is 5.32 Å². The van der Waals surface area contributed by atoms with Gasteiger partial charge in [-0.2, -0.15) is 0 Å². The number of amides is 1. The zero-order valence-electron chi connectivity index (χ0n) is 8.44. The molecule has 1 aliphatic carbocycles. The number of hydrogen-bond acceptors (Lipinski definition) is 3. The zero-order chi connectivity index (χ0) is 10.8. The second kappa shape index (κ2) is 4.18. The Labute approximate surface area is 87.8 Å². The van der Waals surface area contributed by atoms with E-state index in [9.17, 15) is 9.59 Å². The number of ether oxygens (including phenoxy) is 1. The van der Waals surface area contributed by atoms with Crippen LogP contribution in [-0.4, -0.2) is 35.2 Å². The first-order valence-corrected chi connectivity index (χ1v) is 5.35. The molecule has 1 heterocycles. The van der Waals surface area contributed by atoms with E-state index in [2.05, 4.69) is 5.32 Å². The summed E-state index contributed by atoms with van der Waals surface area (Å²) < 4.78 is 5.14. The first-order valence-electron chi connectivity index (χ1n) is 5.35. The molecule has 0 aromatic carbocycles. The minimum Gasteiger partial charge on any atom is -0.479 e. The number of carboxylic acids is 1. The van der Waals surface area contributed by atoms with Crippen LogP contribution in [0.1, 0.15) is 32.1 Å². The van der Waals surface area contributed by atoms with Crippen LogP contribution in [0.2, 0.25) is 0 Å². The van der Waals surface area contributed by atoms with Gasteiger partial charge in [0.25, 0.3) is 0 Å². The Kier molecular flexibility index (Phi) is 2.90. The lowest BCUT2D eigenvalue weighted by Gasteiger charge is -2.27. The molecule has 0 unspecified atom stereocenters. The van der Waals surface area contributed by atoms with Gasteiger partial charge in [0.2, 0.25) is 5.91 Å². The second-order valence-corrected chi connectivity index (χ2v) is 4.17. The standard InChI is InChI=1S/C10H15NO4/c12-9(11-6-2-1-3-6)7-4-5-8(15-7)10(13)14/h6-8H,1-5H2,(H,11,12)(H,13,14)/t7-,8+/m0/s1. The van der Waals surface area contributed by atoms with E-state index in [0.717, 1.165) is 19.3 Å². The molecule has 0 aromatic heterocycles. The summed E-state index contributed by atoms with van der Waals surface area (Å²) >= 11 is 0. The summed E-state index contributed by atoms with van der Waals surface area (Å²) in [5, 5.41) is 11.6. The highest BCUT2D eigenvalue weighted by Gasteiger charge is 2.35. The van der Waals surface area contributed by atoms with Crippen LogP contribution in [0.25, 0.3) is 0 Å². The monoisotopic (exact) mass is 213 g/mol. The molecule has 2 aliphatic rings. The molecule has 0 bridgehead atoms. The normalized spacial score (nSPS) is 30.9. The van der Waals surface area contributed by atoms with E-state index in [1.54, 1.807) is 0 Å². The molecule has 2 rings (SSSR count). The van der Waals surface area contributed by atoms with Crippen molar-refractivity contribution in [1.29, 1.82) is 0 Å². The summed E-state index contributed by atoms with van der Waals surface area (Å²) in [6.45, 7) is 0. The van der Waals surface area contributed by atoms with Crippen molar-refractivity contribution >= 4 is 11.9 Å². The van der Waals surface area contributed by atoms with Gasteiger partial charge in [-0.25, -0.2) is 4.79 Å². The van der Waals surface area contributed by atoms with Gasteiger partial charge in [-0.05, 0) is 32.1 Å². The first kappa shape index (κ1) is 10.4. The summed E-state index contributed by atoms with van der Waals surface area (Å²) in [4.78, 5) is 22.2. The molecule has 2 fully saturated rings. The van der Waals surface area contributed by atoms with Gasteiger partial charge in [0.1, 0.15) is 6.10 Å². The maximum atomic E-state index is 11.6. The van der Waals surface area contributed by atoms with E-state index in [4.69, 9.17) is 9.84 Å². The van der Waals surface area contributed by atoms with Gasteiger partial charge >= 0.3 is 5.97 Å². The molecule has 84 valence electrons. The van der Waals surface area contributed by atoms with Crippen molar-refractivity contribution in [3.8, 4) is 0 Å². The number of carboxylic acid groups (broad SMARTS) is 1. The Hall–Kier alpha value is -1.10. The third kappa shape index (κ3) is 2.28. The molecule has 0 aromatic rings. The van der Waals surface area contributed by atoms with Gasteiger partial charge in [-0.3, -0.25) is 4.79 Å². The highest BCUT2D eigenvalue weighted by Crippen LogP contribution is 2.22. The third-order valence-corrected chi connectivity index (χ3v) is 3.04. The van der Waals surface area contributed by atoms with E-state index in [1.165, 1.54) is 0 Å². The zero-order valence-corrected chi connectivity index (χ0v) is 8.44. The predicted octanol–water partition coefficient (Wildman–Crippen LogP) is 0.287. The molecular weight excluding hydrogens is 198 g/mol. The largest absolute Gasteiger partial charge is 0.479 e. The van der Waals surface area contributed by atoms with Crippen LogP contribution in [0.3, 0.4) is 0 Å². The Morgan fingerprint density at radius 2 is 1.80 bits per heavy atom. The van der Waals surface area contributed by atoms with Crippen LogP contribution < -0.4 is 5.32 Å². The maximum Gasteiger partial charge on any atom is 0.332 e. The van der Waals surface area contributed by atoms with E-state index in [1.807, 2.05) is 0 Å². The predicted molar refractivity (Wildman–Crippen MR) is 51.3 cm³/mol. The summed E-state index contributed by atoms with van der Waals surface area (Å²) in [5.41, 5.74) is 0. The number of nitrogens with one attached hydrogen (secondary N) is 1. The van der Waals surface area contributed by atoms with Gasteiger partial charge < -0.3 is 15.2 Å². The number of rotatable bonds is 3. The Bertz CT molecular complexity index is 275. The highest BCUT2D eigenvalue weighted by atomic mass is 16.5. The maximum absolute atomic E-state index is 11.6. The lowest BCUT2D eigenvalue weighted by Crippen LogP contribution is -2.44. The van der Waals surface area contributed by atoms with Crippen molar-refractivity contribution in [2.75, 3.05) is 0 Å². The molecule has 1 aliphatic heterocycles. The Morgan fingerprint density at radius 3 is 2.27 bits per heavy atom. The number of carbonyl (C=O) groups is 2. The van der Waals surface area contributed by atoms with Crippen molar-refractivity contribution in [3.63, 3.8) is 0 Å². The van der Waals surface area contributed by atoms with E-state index >= 15 is 0 Å². The summed E-state index contributed by atoms with van der Waals surface area (Å²) in [5.74, 6) is -1.13. The lowest BCUT2D eigenvalue weighted by atomic mass is 9.93. The van der Waals surface area contributed by atoms with Gasteiger partial charge in [0, 0.05) is 6.04 Å². The van der Waals surface area contributed by atoms with Gasteiger partial charge in [0.05, 0.1) is 0 Å². The summed E-state index contributed by atoms with van der Waals surface area (Å²) in [6.07, 6.45) is 2.79. The molecule has 2 N–H and O–H groups in total. The summed E-state index contributed by atoms with van der Waals surface area (Å²) in [6, 6.07) is 0.282. The van der Waals surface area contributed by atoms with Gasteiger partial charge in [0.15, 0.2) is 6.10 Å². The van der Waals surface area contributed by atoms with Crippen LogP contribution in [0.15, 0.2) is 0 Å². The lowest BCUT2D eigenvalue weighted by molar-refractivity contribution is -0.152. The minimum absolute atomic E-state index is 0.150. The topological polar surface area (TPSA) is 75.6 Å². The summed E-state index contributed by atoms with van der Waals surface area (Å²) in [7, 11) is 0.